The fraction of sp³-hybridized carbons (Fsp3) is 0.0833. The summed E-state index contributed by atoms with van der Waals surface area (Å²) in [6.45, 7) is 0. The fourth-order valence-electron chi connectivity index (χ4n) is 1.51. The summed E-state index contributed by atoms with van der Waals surface area (Å²) < 4.78 is 44.5. The molecular formula is C12H7F3N2O2. The van der Waals surface area contributed by atoms with Crippen LogP contribution in [0.15, 0.2) is 24.5 Å². The van der Waals surface area contributed by atoms with Crippen LogP contribution in [-0.4, -0.2) is 22.9 Å². The highest BCUT2D eigenvalue weighted by molar-refractivity contribution is 6.09. The molecule has 19 heavy (non-hydrogen) atoms. The molecule has 0 amide bonds. The fourth-order valence-corrected chi connectivity index (χ4v) is 1.51. The van der Waals surface area contributed by atoms with Gasteiger partial charge in [-0.1, -0.05) is 0 Å². The van der Waals surface area contributed by atoms with Crippen molar-refractivity contribution in [2.24, 2.45) is 0 Å². The van der Waals surface area contributed by atoms with Gasteiger partial charge in [-0.05, 0) is 0 Å². The molecule has 0 aliphatic rings. The van der Waals surface area contributed by atoms with Crippen LogP contribution >= 0.6 is 0 Å². The largest absolute Gasteiger partial charge is 0.479 e. The van der Waals surface area contributed by atoms with Gasteiger partial charge in [0.1, 0.15) is 17.5 Å². The predicted molar refractivity (Wildman–Crippen MR) is 58.3 cm³/mol. The third-order valence-electron chi connectivity index (χ3n) is 2.31. The minimum absolute atomic E-state index is 0.171. The summed E-state index contributed by atoms with van der Waals surface area (Å²) in [5.74, 6) is -4.97. The Bertz CT molecular complexity index is 624. The van der Waals surface area contributed by atoms with Gasteiger partial charge in [0.15, 0.2) is 5.69 Å². The maximum absolute atomic E-state index is 13.5. The molecule has 7 heteroatoms. The molecule has 0 atom stereocenters. The van der Waals surface area contributed by atoms with E-state index >= 15 is 0 Å². The molecule has 0 saturated carbocycles. The number of halogens is 3. The molecule has 0 N–H and O–H groups in total. The van der Waals surface area contributed by atoms with Gasteiger partial charge in [-0.15, -0.1) is 0 Å². The van der Waals surface area contributed by atoms with Gasteiger partial charge in [0.05, 0.1) is 12.7 Å². The average molecular weight is 268 g/mol. The minimum Gasteiger partial charge on any atom is -0.479 e. The molecule has 1 aromatic heterocycles. The smallest absolute Gasteiger partial charge is 0.243 e. The van der Waals surface area contributed by atoms with Crippen LogP contribution in [0, 0.1) is 17.5 Å². The Hall–Kier alpha value is -2.44. The Labute approximate surface area is 105 Å². The first-order chi connectivity index (χ1) is 9.04. The van der Waals surface area contributed by atoms with E-state index in [-0.39, 0.29) is 11.6 Å². The first-order valence-corrected chi connectivity index (χ1v) is 5.09. The van der Waals surface area contributed by atoms with Crippen molar-refractivity contribution in [3.05, 3.63) is 53.2 Å². The van der Waals surface area contributed by atoms with E-state index in [0.29, 0.717) is 12.1 Å². The standard InChI is InChI=1S/C12H7F3N2O2/c1-19-12-10(16-2-3-17-12)11(18)9-7(14)4-6(13)5-8(9)15/h2-5H,1H3. The number of nitrogens with zero attached hydrogens (tertiary/aromatic N) is 2. The third-order valence-corrected chi connectivity index (χ3v) is 2.31. The zero-order chi connectivity index (χ0) is 14.0. The van der Waals surface area contributed by atoms with Crippen molar-refractivity contribution in [2.75, 3.05) is 7.11 Å². The Balaban J connectivity index is 2.57. The molecule has 2 rings (SSSR count). The quantitative estimate of drug-likeness (QED) is 0.800. The van der Waals surface area contributed by atoms with Gasteiger partial charge < -0.3 is 4.74 Å². The summed E-state index contributed by atoms with van der Waals surface area (Å²) in [5, 5.41) is 0. The Kier molecular flexibility index (Phi) is 3.46. The number of hydrogen-bond donors (Lipinski definition) is 0. The van der Waals surface area contributed by atoms with E-state index in [0.717, 1.165) is 0 Å². The SMILES string of the molecule is COc1nccnc1C(=O)c1c(F)cc(F)cc1F. The molecule has 98 valence electrons. The van der Waals surface area contributed by atoms with Crippen molar-refractivity contribution in [2.45, 2.75) is 0 Å². The van der Waals surface area contributed by atoms with Crippen molar-refractivity contribution in [1.29, 1.82) is 0 Å². The van der Waals surface area contributed by atoms with E-state index < -0.39 is 28.8 Å². The molecule has 0 saturated heterocycles. The van der Waals surface area contributed by atoms with Gasteiger partial charge in [-0.3, -0.25) is 4.79 Å². The maximum atomic E-state index is 13.5. The molecule has 0 unspecified atom stereocenters. The lowest BCUT2D eigenvalue weighted by molar-refractivity contribution is 0.102. The third kappa shape index (κ3) is 2.40. The number of ketones is 1. The van der Waals surface area contributed by atoms with Gasteiger partial charge in [-0.25, -0.2) is 23.1 Å². The van der Waals surface area contributed by atoms with Crippen LogP contribution in [0.3, 0.4) is 0 Å². The molecule has 4 nitrogen and oxygen atoms in total. The number of rotatable bonds is 3. The van der Waals surface area contributed by atoms with Crippen LogP contribution in [0.25, 0.3) is 0 Å². The normalized spacial score (nSPS) is 10.3. The molecule has 0 aliphatic carbocycles. The molecule has 1 aromatic carbocycles. The second-order valence-electron chi connectivity index (χ2n) is 3.49. The van der Waals surface area contributed by atoms with Crippen molar-refractivity contribution in [1.82, 2.24) is 9.97 Å². The molecule has 0 aliphatic heterocycles. The van der Waals surface area contributed by atoms with Crippen LogP contribution in [-0.2, 0) is 0 Å². The summed E-state index contributed by atoms with van der Waals surface area (Å²) in [4.78, 5) is 19.4. The van der Waals surface area contributed by atoms with Crippen LogP contribution in [0.5, 0.6) is 5.88 Å². The number of methoxy groups -OCH3 is 1. The van der Waals surface area contributed by atoms with Gasteiger partial charge in [0.2, 0.25) is 11.7 Å². The topological polar surface area (TPSA) is 52.1 Å². The summed E-state index contributed by atoms with van der Waals surface area (Å²) in [6, 6.07) is 0.832. The Morgan fingerprint density at radius 3 is 2.26 bits per heavy atom. The highest BCUT2D eigenvalue weighted by Gasteiger charge is 2.24. The molecule has 0 bridgehead atoms. The lowest BCUT2D eigenvalue weighted by Crippen LogP contribution is -2.12. The first kappa shape index (κ1) is 13.0. The minimum atomic E-state index is -1.31. The number of hydrogen-bond acceptors (Lipinski definition) is 4. The molecule has 1 heterocycles. The van der Waals surface area contributed by atoms with Crippen molar-refractivity contribution < 1.29 is 22.7 Å². The van der Waals surface area contributed by atoms with E-state index in [1.54, 1.807) is 0 Å². The van der Waals surface area contributed by atoms with Crippen LogP contribution in [0.1, 0.15) is 16.1 Å². The second kappa shape index (κ2) is 5.05. The monoisotopic (exact) mass is 268 g/mol. The molecule has 0 fully saturated rings. The van der Waals surface area contributed by atoms with Crippen molar-refractivity contribution in [3.63, 3.8) is 0 Å². The summed E-state index contributed by atoms with van der Waals surface area (Å²) >= 11 is 0. The predicted octanol–water partition coefficient (Wildman–Crippen LogP) is 2.13. The zero-order valence-electron chi connectivity index (χ0n) is 9.65. The summed E-state index contributed by atoms with van der Waals surface area (Å²) in [7, 11) is 1.23. The van der Waals surface area contributed by atoms with Crippen LogP contribution in [0.2, 0.25) is 0 Å². The molecule has 0 spiro atoms. The van der Waals surface area contributed by atoms with Gasteiger partial charge in [-0.2, -0.15) is 0 Å². The Morgan fingerprint density at radius 2 is 1.68 bits per heavy atom. The Morgan fingerprint density at radius 1 is 1.11 bits per heavy atom. The lowest BCUT2D eigenvalue weighted by atomic mass is 10.1. The van der Waals surface area contributed by atoms with Gasteiger partial charge in [0.25, 0.3) is 0 Å². The number of benzene rings is 1. The zero-order valence-corrected chi connectivity index (χ0v) is 9.65. The van der Waals surface area contributed by atoms with Crippen LogP contribution < -0.4 is 4.74 Å². The van der Waals surface area contributed by atoms with E-state index in [1.807, 2.05) is 0 Å². The molecular weight excluding hydrogens is 261 g/mol. The summed E-state index contributed by atoms with van der Waals surface area (Å²) in [6.07, 6.45) is 2.43. The van der Waals surface area contributed by atoms with Crippen molar-refractivity contribution in [3.8, 4) is 5.88 Å². The first-order valence-electron chi connectivity index (χ1n) is 5.09. The molecule has 2 aromatic rings. The number of aromatic nitrogens is 2. The van der Waals surface area contributed by atoms with Gasteiger partial charge >= 0.3 is 0 Å². The molecule has 0 radical (unpaired) electrons. The second-order valence-corrected chi connectivity index (χ2v) is 3.49. The van der Waals surface area contributed by atoms with E-state index in [1.165, 1.54) is 19.5 Å². The van der Waals surface area contributed by atoms with E-state index in [2.05, 4.69) is 9.97 Å². The number of carbonyl (C=O) groups is 1. The average Bonchev–Trinajstić information content (AvgIpc) is 2.37. The number of carbonyl (C=O) groups excluding carboxylic acids is 1. The number of ether oxygens (including phenoxy) is 1. The maximum Gasteiger partial charge on any atom is 0.243 e. The highest BCUT2D eigenvalue weighted by Crippen LogP contribution is 2.21. The van der Waals surface area contributed by atoms with E-state index in [4.69, 9.17) is 4.74 Å². The van der Waals surface area contributed by atoms with E-state index in [9.17, 15) is 18.0 Å². The summed E-state index contributed by atoms with van der Waals surface area (Å²) in [5.41, 5.74) is -1.25. The highest BCUT2D eigenvalue weighted by atomic mass is 19.1. The lowest BCUT2D eigenvalue weighted by Gasteiger charge is -2.06. The van der Waals surface area contributed by atoms with Gasteiger partial charge in [0, 0.05) is 24.5 Å². The van der Waals surface area contributed by atoms with Crippen LogP contribution in [0.4, 0.5) is 13.2 Å². The van der Waals surface area contributed by atoms with Crippen molar-refractivity contribution >= 4 is 5.78 Å².